The highest BCUT2D eigenvalue weighted by atomic mass is 32.1. The van der Waals surface area contributed by atoms with Crippen LogP contribution in [0.1, 0.15) is 30.0 Å². The molecule has 1 aliphatic heterocycles. The summed E-state index contributed by atoms with van der Waals surface area (Å²) in [6, 6.07) is 11.5. The lowest BCUT2D eigenvalue weighted by molar-refractivity contribution is 0.604. The number of nitrogens with zero attached hydrogens (tertiary/aromatic N) is 1. The highest BCUT2D eigenvalue weighted by Gasteiger charge is 2.26. The van der Waals surface area contributed by atoms with Gasteiger partial charge < -0.3 is 10.2 Å². The maximum absolute atomic E-state index is 13.5. The number of halogens is 1. The number of fused-ring (bicyclic) bond motifs is 1. The van der Waals surface area contributed by atoms with Crippen LogP contribution in [0.25, 0.3) is 0 Å². The fraction of sp³-hybridized carbons (Fsp3) is 0.316. The third-order valence-electron chi connectivity index (χ3n) is 4.42. The summed E-state index contributed by atoms with van der Waals surface area (Å²) in [5.74, 6) is -0.188. The Morgan fingerprint density at radius 1 is 1.22 bits per heavy atom. The molecule has 0 bridgehead atoms. The van der Waals surface area contributed by atoms with Gasteiger partial charge in [-0.15, -0.1) is 0 Å². The van der Waals surface area contributed by atoms with Crippen LogP contribution in [0.3, 0.4) is 0 Å². The van der Waals surface area contributed by atoms with Gasteiger partial charge in [-0.1, -0.05) is 17.7 Å². The first-order valence-electron chi connectivity index (χ1n) is 7.91. The summed E-state index contributed by atoms with van der Waals surface area (Å²) in [7, 11) is 0. The Labute approximate surface area is 142 Å². The van der Waals surface area contributed by atoms with Crippen LogP contribution in [0.4, 0.5) is 15.8 Å². The largest absolute Gasteiger partial charge is 0.332 e. The third-order valence-corrected chi connectivity index (χ3v) is 4.71. The molecule has 23 heavy (non-hydrogen) atoms. The Morgan fingerprint density at radius 2 is 2.00 bits per heavy atom. The maximum atomic E-state index is 13.5. The number of hydrogen-bond acceptors (Lipinski definition) is 1. The van der Waals surface area contributed by atoms with Gasteiger partial charge in [-0.2, -0.15) is 0 Å². The van der Waals surface area contributed by atoms with Crippen LogP contribution in [-0.4, -0.2) is 11.2 Å². The lowest BCUT2D eigenvalue weighted by atomic mass is 9.97. The van der Waals surface area contributed by atoms with Gasteiger partial charge in [-0.3, -0.25) is 0 Å². The van der Waals surface area contributed by atoms with Crippen molar-refractivity contribution in [3.63, 3.8) is 0 Å². The van der Waals surface area contributed by atoms with Crippen molar-refractivity contribution in [2.45, 2.75) is 39.7 Å². The molecule has 0 aromatic heterocycles. The molecular formula is C19H21FN2S. The van der Waals surface area contributed by atoms with Gasteiger partial charge in [0.1, 0.15) is 5.82 Å². The van der Waals surface area contributed by atoms with E-state index in [1.807, 2.05) is 6.07 Å². The van der Waals surface area contributed by atoms with Crippen LogP contribution in [-0.2, 0) is 6.42 Å². The highest BCUT2D eigenvalue weighted by molar-refractivity contribution is 7.80. The van der Waals surface area contributed by atoms with Gasteiger partial charge in [0.25, 0.3) is 0 Å². The Kier molecular flexibility index (Phi) is 4.35. The molecule has 0 saturated heterocycles. The zero-order valence-corrected chi connectivity index (χ0v) is 14.5. The van der Waals surface area contributed by atoms with Crippen molar-refractivity contribution in [2.75, 3.05) is 10.2 Å². The average Bonchev–Trinajstić information content (AvgIpc) is 2.50. The zero-order valence-electron chi connectivity index (χ0n) is 13.7. The summed E-state index contributed by atoms with van der Waals surface area (Å²) >= 11 is 5.66. The van der Waals surface area contributed by atoms with E-state index in [0.29, 0.717) is 11.2 Å². The minimum Gasteiger partial charge on any atom is -0.332 e. The number of aryl methyl sites for hydroxylation is 3. The Hall–Kier alpha value is -1.94. The molecule has 1 atom stereocenters. The fourth-order valence-corrected chi connectivity index (χ4v) is 3.55. The second kappa shape index (κ2) is 6.28. The number of nitrogens with one attached hydrogen (secondary N) is 1. The minimum absolute atomic E-state index is 0.188. The van der Waals surface area contributed by atoms with Gasteiger partial charge in [-0.05, 0) is 81.2 Å². The monoisotopic (exact) mass is 328 g/mol. The van der Waals surface area contributed by atoms with Crippen LogP contribution in [0, 0.1) is 19.7 Å². The summed E-state index contributed by atoms with van der Waals surface area (Å²) in [6.07, 6.45) is 1.85. The molecule has 0 radical (unpaired) electrons. The number of thiocarbonyl (C=S) groups is 1. The third kappa shape index (κ3) is 3.22. The van der Waals surface area contributed by atoms with Crippen LogP contribution in [0.5, 0.6) is 0 Å². The molecule has 2 aromatic carbocycles. The van der Waals surface area contributed by atoms with Crippen molar-refractivity contribution >= 4 is 28.7 Å². The standard InChI is InChI=1S/C19H21FN2S/c1-12-4-8-17(13(2)10-12)21-19(23)22-14(3)5-6-15-11-16(20)7-9-18(15)22/h4,7-11,14H,5-6H2,1-3H3,(H,21,23). The molecule has 1 aliphatic rings. The second-order valence-electron chi connectivity index (χ2n) is 6.28. The first-order chi connectivity index (χ1) is 11.0. The summed E-state index contributed by atoms with van der Waals surface area (Å²) in [5, 5.41) is 4.02. The summed E-state index contributed by atoms with van der Waals surface area (Å²) < 4.78 is 13.5. The SMILES string of the molecule is Cc1ccc(NC(=S)N2c3ccc(F)cc3CCC2C)c(C)c1. The predicted molar refractivity (Wildman–Crippen MR) is 98.8 cm³/mol. The quantitative estimate of drug-likeness (QED) is 0.743. The summed E-state index contributed by atoms with van der Waals surface area (Å²) in [6.45, 7) is 6.30. The molecule has 0 spiro atoms. The number of benzene rings is 2. The van der Waals surface area contributed by atoms with Gasteiger partial charge in [0.2, 0.25) is 0 Å². The second-order valence-corrected chi connectivity index (χ2v) is 6.67. The highest BCUT2D eigenvalue weighted by Crippen LogP contribution is 2.32. The molecule has 0 aliphatic carbocycles. The molecule has 1 N–H and O–H groups in total. The van der Waals surface area contributed by atoms with Gasteiger partial charge in [0, 0.05) is 17.4 Å². The summed E-state index contributed by atoms with van der Waals surface area (Å²) in [5.41, 5.74) is 5.43. The van der Waals surface area contributed by atoms with E-state index in [1.54, 1.807) is 6.07 Å². The van der Waals surface area contributed by atoms with Crippen LogP contribution < -0.4 is 10.2 Å². The van der Waals surface area contributed by atoms with Crippen molar-refractivity contribution in [2.24, 2.45) is 0 Å². The molecule has 120 valence electrons. The topological polar surface area (TPSA) is 15.3 Å². The molecule has 0 amide bonds. The van der Waals surface area contributed by atoms with Crippen LogP contribution in [0.15, 0.2) is 36.4 Å². The van der Waals surface area contributed by atoms with E-state index >= 15 is 0 Å². The first kappa shape index (κ1) is 15.9. The molecular weight excluding hydrogens is 307 g/mol. The molecule has 0 fully saturated rings. The van der Waals surface area contributed by atoms with E-state index in [-0.39, 0.29) is 5.82 Å². The molecule has 0 saturated carbocycles. The molecule has 2 aromatic rings. The lowest BCUT2D eigenvalue weighted by Gasteiger charge is -2.37. The van der Waals surface area contributed by atoms with Gasteiger partial charge in [-0.25, -0.2) is 4.39 Å². The molecule has 3 rings (SSSR count). The smallest absolute Gasteiger partial charge is 0.178 e. The number of hydrogen-bond donors (Lipinski definition) is 1. The van der Waals surface area contributed by atoms with E-state index in [0.717, 1.165) is 35.3 Å². The van der Waals surface area contributed by atoms with E-state index in [9.17, 15) is 4.39 Å². The fourth-order valence-electron chi connectivity index (χ4n) is 3.16. The molecule has 1 heterocycles. The van der Waals surface area contributed by atoms with Crippen molar-refractivity contribution in [3.8, 4) is 0 Å². The predicted octanol–water partition coefficient (Wildman–Crippen LogP) is 4.98. The van der Waals surface area contributed by atoms with E-state index in [4.69, 9.17) is 12.2 Å². The first-order valence-corrected chi connectivity index (χ1v) is 8.32. The van der Waals surface area contributed by atoms with Crippen molar-refractivity contribution in [1.82, 2.24) is 0 Å². The number of rotatable bonds is 1. The zero-order chi connectivity index (χ0) is 16.6. The molecule has 2 nitrogen and oxygen atoms in total. The van der Waals surface area contributed by atoms with Crippen LogP contribution in [0.2, 0.25) is 0 Å². The van der Waals surface area contributed by atoms with Gasteiger partial charge >= 0.3 is 0 Å². The lowest BCUT2D eigenvalue weighted by Crippen LogP contribution is -2.44. The van der Waals surface area contributed by atoms with E-state index in [2.05, 4.69) is 49.2 Å². The summed E-state index contributed by atoms with van der Waals surface area (Å²) in [4.78, 5) is 2.10. The van der Waals surface area contributed by atoms with E-state index in [1.165, 1.54) is 11.6 Å². The molecule has 1 unspecified atom stereocenters. The average molecular weight is 328 g/mol. The van der Waals surface area contributed by atoms with Gasteiger partial charge in [0.15, 0.2) is 5.11 Å². The normalized spacial score (nSPS) is 16.9. The Balaban J connectivity index is 1.90. The maximum Gasteiger partial charge on any atom is 0.178 e. The minimum atomic E-state index is -0.188. The van der Waals surface area contributed by atoms with Crippen molar-refractivity contribution in [1.29, 1.82) is 0 Å². The van der Waals surface area contributed by atoms with Gasteiger partial charge in [0.05, 0.1) is 0 Å². The van der Waals surface area contributed by atoms with Crippen molar-refractivity contribution in [3.05, 3.63) is 58.9 Å². The molecule has 4 heteroatoms. The van der Waals surface area contributed by atoms with Crippen molar-refractivity contribution < 1.29 is 4.39 Å². The Bertz CT molecular complexity index is 757. The Morgan fingerprint density at radius 3 is 2.74 bits per heavy atom. The van der Waals surface area contributed by atoms with Crippen LogP contribution >= 0.6 is 12.2 Å². The number of anilines is 2. The van der Waals surface area contributed by atoms with E-state index < -0.39 is 0 Å².